The predicted molar refractivity (Wildman–Crippen MR) is 138 cm³/mol. The molecule has 0 aliphatic carbocycles. The molecule has 0 spiro atoms. The van der Waals surface area contributed by atoms with Gasteiger partial charge in [0.1, 0.15) is 0 Å². The summed E-state index contributed by atoms with van der Waals surface area (Å²) in [5.74, 6) is -0.221. The lowest BCUT2D eigenvalue weighted by Gasteiger charge is -2.30. The summed E-state index contributed by atoms with van der Waals surface area (Å²) in [5, 5.41) is 13.4. The molecule has 0 radical (unpaired) electrons. The zero-order valence-electron chi connectivity index (χ0n) is 20.3. The molecule has 1 atom stereocenters. The SMILES string of the molecule is COc1nc2c(C)cc(C(O)(c3ccc(F)nc3)c3cncn3C)cc2c(Cl)c1-c1cccc(C)c1. The van der Waals surface area contributed by atoms with E-state index >= 15 is 0 Å². The Morgan fingerprint density at radius 2 is 1.86 bits per heavy atom. The highest BCUT2D eigenvalue weighted by atomic mass is 35.5. The Balaban J connectivity index is 1.83. The number of methoxy groups -OCH3 is 1. The zero-order chi connectivity index (χ0) is 25.6. The van der Waals surface area contributed by atoms with Gasteiger partial charge in [-0.2, -0.15) is 4.39 Å². The maximum Gasteiger partial charge on any atom is 0.223 e. The molecule has 2 aromatic carbocycles. The van der Waals surface area contributed by atoms with Gasteiger partial charge >= 0.3 is 0 Å². The molecular formula is C28H24ClFN4O2. The minimum Gasteiger partial charge on any atom is -0.480 e. The van der Waals surface area contributed by atoms with Crippen LogP contribution >= 0.6 is 11.6 Å². The highest BCUT2D eigenvalue weighted by Crippen LogP contribution is 2.44. The van der Waals surface area contributed by atoms with Gasteiger partial charge in [0, 0.05) is 24.2 Å². The molecule has 6 nitrogen and oxygen atoms in total. The standard InChI is InChI=1S/C28H24ClFN4O2/c1-16-6-5-7-18(10-16)24-25(29)21-12-20(11-17(2)26(21)33-27(24)36-4)28(35,22-14-31-15-34(22)3)19-8-9-23(30)32-13-19/h5-15,35H,1-4H3. The Morgan fingerprint density at radius 3 is 2.50 bits per heavy atom. The summed E-state index contributed by atoms with van der Waals surface area (Å²) in [4.78, 5) is 12.8. The van der Waals surface area contributed by atoms with Crippen LogP contribution in [-0.4, -0.2) is 31.7 Å². The zero-order valence-corrected chi connectivity index (χ0v) is 21.0. The smallest absolute Gasteiger partial charge is 0.223 e. The van der Waals surface area contributed by atoms with Gasteiger partial charge in [0.05, 0.1) is 41.4 Å². The fraction of sp³-hybridized carbons (Fsp3) is 0.179. The van der Waals surface area contributed by atoms with Crippen LogP contribution in [0.15, 0.2) is 67.3 Å². The van der Waals surface area contributed by atoms with Crippen molar-refractivity contribution in [2.75, 3.05) is 7.11 Å². The molecule has 1 N–H and O–H groups in total. The van der Waals surface area contributed by atoms with E-state index in [9.17, 15) is 9.50 Å². The molecule has 0 amide bonds. The number of imidazole rings is 1. The van der Waals surface area contributed by atoms with Gasteiger partial charge in [-0.25, -0.2) is 15.0 Å². The largest absolute Gasteiger partial charge is 0.480 e. The molecule has 5 rings (SSSR count). The van der Waals surface area contributed by atoms with Crippen molar-refractivity contribution in [3.05, 3.63) is 106 Å². The Labute approximate surface area is 213 Å². The Morgan fingerprint density at radius 1 is 1.06 bits per heavy atom. The highest BCUT2D eigenvalue weighted by Gasteiger charge is 2.38. The van der Waals surface area contributed by atoms with E-state index in [1.165, 1.54) is 18.3 Å². The Kier molecular flexibility index (Phi) is 5.98. The van der Waals surface area contributed by atoms with Crippen LogP contribution in [0.5, 0.6) is 5.88 Å². The molecule has 3 heterocycles. The van der Waals surface area contributed by atoms with Crippen LogP contribution in [0.1, 0.15) is 27.9 Å². The fourth-order valence-corrected chi connectivity index (χ4v) is 4.98. The van der Waals surface area contributed by atoms with Crippen LogP contribution in [0.3, 0.4) is 0 Å². The van der Waals surface area contributed by atoms with Crippen LogP contribution < -0.4 is 4.74 Å². The summed E-state index contributed by atoms with van der Waals surface area (Å²) < 4.78 is 21.0. The molecule has 1 unspecified atom stereocenters. The average molecular weight is 503 g/mol. The van der Waals surface area contributed by atoms with Gasteiger partial charge in [-0.3, -0.25) is 0 Å². The van der Waals surface area contributed by atoms with Gasteiger partial charge in [-0.05, 0) is 48.7 Å². The number of halogens is 2. The first-order valence-electron chi connectivity index (χ1n) is 11.3. The van der Waals surface area contributed by atoms with Gasteiger partial charge in [0.25, 0.3) is 0 Å². The van der Waals surface area contributed by atoms with Crippen molar-refractivity contribution in [2.24, 2.45) is 7.05 Å². The normalized spacial score (nSPS) is 13.1. The Hall–Kier alpha value is -3.81. The van der Waals surface area contributed by atoms with E-state index in [2.05, 4.69) is 9.97 Å². The van der Waals surface area contributed by atoms with Crippen molar-refractivity contribution in [1.82, 2.24) is 19.5 Å². The summed E-state index contributed by atoms with van der Waals surface area (Å²) in [5.41, 5.74) is 3.78. The summed E-state index contributed by atoms with van der Waals surface area (Å²) in [6.45, 7) is 3.90. The number of fused-ring (bicyclic) bond motifs is 1. The van der Waals surface area contributed by atoms with E-state index in [-0.39, 0.29) is 0 Å². The third-order valence-electron chi connectivity index (χ3n) is 6.43. The van der Waals surface area contributed by atoms with Crippen LogP contribution in [0.2, 0.25) is 5.02 Å². The van der Waals surface area contributed by atoms with Gasteiger partial charge in [-0.1, -0.05) is 47.5 Å². The first-order valence-corrected chi connectivity index (χ1v) is 11.7. The first kappa shape index (κ1) is 23.9. The van der Waals surface area contributed by atoms with E-state index in [1.807, 2.05) is 50.2 Å². The lowest BCUT2D eigenvalue weighted by molar-refractivity contribution is 0.117. The van der Waals surface area contributed by atoms with Gasteiger partial charge in [-0.15, -0.1) is 0 Å². The monoisotopic (exact) mass is 502 g/mol. The number of aryl methyl sites for hydroxylation is 3. The average Bonchev–Trinajstić information content (AvgIpc) is 3.30. The number of aromatic nitrogens is 4. The topological polar surface area (TPSA) is 73.1 Å². The number of ether oxygens (including phenoxy) is 1. The molecule has 3 aromatic heterocycles. The Bertz CT molecular complexity index is 1600. The third kappa shape index (κ3) is 3.81. The second kappa shape index (κ2) is 9.00. The minimum absolute atomic E-state index is 0.391. The van der Waals surface area contributed by atoms with Gasteiger partial charge in [0.15, 0.2) is 5.60 Å². The molecule has 0 aliphatic rings. The van der Waals surface area contributed by atoms with Crippen LogP contribution in [0.25, 0.3) is 22.0 Å². The molecule has 5 aromatic rings. The van der Waals surface area contributed by atoms with Crippen LogP contribution in [0.4, 0.5) is 4.39 Å². The summed E-state index contributed by atoms with van der Waals surface area (Å²) in [6.07, 6.45) is 4.50. The number of pyridine rings is 2. The van der Waals surface area contributed by atoms with Gasteiger partial charge < -0.3 is 14.4 Å². The fourth-order valence-electron chi connectivity index (χ4n) is 4.65. The molecule has 0 fully saturated rings. The lowest BCUT2D eigenvalue weighted by Crippen LogP contribution is -2.31. The number of hydrogen-bond acceptors (Lipinski definition) is 5. The molecule has 36 heavy (non-hydrogen) atoms. The lowest BCUT2D eigenvalue weighted by atomic mass is 9.83. The molecule has 0 saturated heterocycles. The van der Waals surface area contributed by atoms with Crippen molar-refractivity contribution in [3.63, 3.8) is 0 Å². The van der Waals surface area contributed by atoms with E-state index in [4.69, 9.17) is 21.3 Å². The maximum atomic E-state index is 13.7. The number of rotatable bonds is 5. The van der Waals surface area contributed by atoms with Crippen molar-refractivity contribution in [2.45, 2.75) is 19.4 Å². The van der Waals surface area contributed by atoms with Crippen molar-refractivity contribution < 1.29 is 14.2 Å². The number of benzene rings is 2. The van der Waals surface area contributed by atoms with E-state index in [0.29, 0.717) is 44.2 Å². The second-order valence-corrected chi connectivity index (χ2v) is 9.22. The number of hydrogen-bond donors (Lipinski definition) is 1. The van der Waals surface area contributed by atoms with Crippen molar-refractivity contribution in [3.8, 4) is 17.0 Å². The summed E-state index contributed by atoms with van der Waals surface area (Å²) in [6, 6.07) is 14.3. The van der Waals surface area contributed by atoms with E-state index in [0.717, 1.165) is 16.7 Å². The van der Waals surface area contributed by atoms with Crippen LogP contribution in [-0.2, 0) is 12.6 Å². The number of nitrogens with zero attached hydrogens (tertiary/aromatic N) is 4. The minimum atomic E-state index is -1.68. The highest BCUT2D eigenvalue weighted by molar-refractivity contribution is 6.38. The molecule has 0 saturated carbocycles. The second-order valence-electron chi connectivity index (χ2n) is 8.84. The maximum absolute atomic E-state index is 13.7. The van der Waals surface area contributed by atoms with E-state index in [1.54, 1.807) is 31.2 Å². The van der Waals surface area contributed by atoms with Gasteiger partial charge in [0.2, 0.25) is 11.8 Å². The van der Waals surface area contributed by atoms with E-state index < -0.39 is 11.5 Å². The number of aliphatic hydroxyl groups is 1. The predicted octanol–water partition coefficient (Wildman–Crippen LogP) is 5.73. The third-order valence-corrected chi connectivity index (χ3v) is 6.83. The van der Waals surface area contributed by atoms with Crippen molar-refractivity contribution in [1.29, 1.82) is 0 Å². The molecule has 8 heteroatoms. The van der Waals surface area contributed by atoms with Crippen LogP contribution in [0, 0.1) is 19.8 Å². The first-order chi connectivity index (χ1) is 17.2. The summed E-state index contributed by atoms with van der Waals surface area (Å²) >= 11 is 7.05. The molecule has 0 aliphatic heterocycles. The quantitative estimate of drug-likeness (QED) is 0.311. The summed E-state index contributed by atoms with van der Waals surface area (Å²) in [7, 11) is 3.35. The molecular weight excluding hydrogens is 479 g/mol. The molecule has 182 valence electrons. The van der Waals surface area contributed by atoms with Crippen molar-refractivity contribution >= 4 is 22.5 Å². The molecule has 0 bridgehead atoms.